The number of nitrogens with one attached hydrogen (secondary N) is 2. The highest BCUT2D eigenvalue weighted by Gasteiger charge is 2.13. The second-order valence-corrected chi connectivity index (χ2v) is 4.95. The van der Waals surface area contributed by atoms with Gasteiger partial charge in [0.25, 0.3) is 5.56 Å². The Balaban J connectivity index is 2.10. The summed E-state index contributed by atoms with van der Waals surface area (Å²) in [4.78, 5) is 19.3. The van der Waals surface area contributed by atoms with Crippen molar-refractivity contribution in [1.82, 2.24) is 30.6 Å². The van der Waals surface area contributed by atoms with Crippen molar-refractivity contribution in [3.05, 3.63) is 46.4 Å². The minimum absolute atomic E-state index is 0.229. The lowest BCUT2D eigenvalue weighted by atomic mass is 9.97. The Kier molecular flexibility index (Phi) is 3.31. The summed E-state index contributed by atoms with van der Waals surface area (Å²) in [5, 5.41) is 13.3. The summed E-state index contributed by atoms with van der Waals surface area (Å²) in [7, 11) is 0. The average Bonchev–Trinajstić information content (AvgIpc) is 3.01. The summed E-state index contributed by atoms with van der Waals surface area (Å²) in [6, 6.07) is 7.88. The fraction of sp³-hybridized carbons (Fsp3) is 0.214. The molecular weight excluding hydrogens is 268 g/mol. The van der Waals surface area contributed by atoms with Gasteiger partial charge in [0.2, 0.25) is 5.82 Å². The molecule has 0 saturated carbocycles. The Labute approximate surface area is 120 Å². The molecule has 0 unspecified atom stereocenters. The Morgan fingerprint density at radius 2 is 1.95 bits per heavy atom. The van der Waals surface area contributed by atoms with Gasteiger partial charge in [0.05, 0.1) is 0 Å². The molecule has 0 aliphatic heterocycles. The number of aromatic amines is 2. The van der Waals surface area contributed by atoms with E-state index < -0.39 is 0 Å². The van der Waals surface area contributed by atoms with Gasteiger partial charge in [0.1, 0.15) is 11.4 Å². The normalized spacial score (nSPS) is 11.0. The van der Waals surface area contributed by atoms with Crippen LogP contribution in [0.4, 0.5) is 0 Å². The van der Waals surface area contributed by atoms with E-state index in [1.807, 2.05) is 24.3 Å². The Bertz CT molecular complexity index is 806. The molecule has 2 N–H and O–H groups in total. The van der Waals surface area contributed by atoms with Gasteiger partial charge in [-0.2, -0.15) is 5.21 Å². The molecule has 0 atom stereocenters. The van der Waals surface area contributed by atoms with Gasteiger partial charge in [-0.15, -0.1) is 10.2 Å². The molecule has 0 aliphatic carbocycles. The molecule has 21 heavy (non-hydrogen) atoms. The average molecular weight is 282 g/mol. The first-order valence-electron chi connectivity index (χ1n) is 6.59. The molecule has 0 radical (unpaired) electrons. The molecule has 0 spiro atoms. The molecule has 0 amide bonds. The zero-order valence-electron chi connectivity index (χ0n) is 11.7. The molecule has 0 fully saturated rings. The van der Waals surface area contributed by atoms with Gasteiger partial charge in [0.15, 0.2) is 0 Å². The predicted octanol–water partition coefficient (Wildman–Crippen LogP) is 1.74. The first-order valence-corrected chi connectivity index (χ1v) is 6.59. The summed E-state index contributed by atoms with van der Waals surface area (Å²) >= 11 is 0. The maximum Gasteiger partial charge on any atom is 0.262 e. The van der Waals surface area contributed by atoms with Crippen LogP contribution in [0.1, 0.15) is 25.3 Å². The molecule has 106 valence electrons. The first kappa shape index (κ1) is 13.2. The van der Waals surface area contributed by atoms with Crippen LogP contribution in [-0.2, 0) is 0 Å². The van der Waals surface area contributed by atoms with Crippen molar-refractivity contribution >= 4 is 0 Å². The number of H-pyrrole nitrogens is 2. The number of benzene rings is 1. The number of rotatable bonds is 3. The topological polar surface area (TPSA) is 100 Å². The molecule has 1 aromatic carbocycles. The molecule has 7 nitrogen and oxygen atoms in total. The van der Waals surface area contributed by atoms with Crippen molar-refractivity contribution in [3.8, 4) is 22.8 Å². The second kappa shape index (κ2) is 5.28. The second-order valence-electron chi connectivity index (χ2n) is 4.95. The fourth-order valence-corrected chi connectivity index (χ4v) is 2.18. The van der Waals surface area contributed by atoms with Crippen LogP contribution in [0.15, 0.2) is 35.3 Å². The fourth-order valence-electron chi connectivity index (χ4n) is 2.18. The van der Waals surface area contributed by atoms with E-state index in [0.717, 1.165) is 11.1 Å². The van der Waals surface area contributed by atoms with Crippen molar-refractivity contribution < 1.29 is 0 Å². The highest BCUT2D eigenvalue weighted by atomic mass is 16.1. The zero-order valence-corrected chi connectivity index (χ0v) is 11.7. The van der Waals surface area contributed by atoms with E-state index in [4.69, 9.17) is 0 Å². The zero-order chi connectivity index (χ0) is 14.8. The van der Waals surface area contributed by atoms with E-state index in [2.05, 4.69) is 44.4 Å². The van der Waals surface area contributed by atoms with Crippen LogP contribution in [0.5, 0.6) is 0 Å². The molecule has 3 rings (SSSR count). The quantitative estimate of drug-likeness (QED) is 0.762. The first-order chi connectivity index (χ1) is 10.2. The van der Waals surface area contributed by atoms with Crippen LogP contribution in [0, 0.1) is 0 Å². The lowest BCUT2D eigenvalue weighted by Crippen LogP contribution is -2.12. The Hall–Kier alpha value is -2.83. The third kappa shape index (κ3) is 2.45. The number of hydrogen-bond donors (Lipinski definition) is 2. The Morgan fingerprint density at radius 3 is 2.62 bits per heavy atom. The van der Waals surface area contributed by atoms with E-state index in [9.17, 15) is 4.79 Å². The van der Waals surface area contributed by atoms with Gasteiger partial charge >= 0.3 is 0 Å². The summed E-state index contributed by atoms with van der Waals surface area (Å²) in [6.07, 6.45) is 1.47. The third-order valence-corrected chi connectivity index (χ3v) is 3.22. The molecule has 0 saturated heterocycles. The minimum Gasteiger partial charge on any atom is -0.306 e. The van der Waals surface area contributed by atoms with Crippen LogP contribution in [-0.4, -0.2) is 30.6 Å². The van der Waals surface area contributed by atoms with E-state index in [0.29, 0.717) is 11.7 Å². The van der Waals surface area contributed by atoms with Gasteiger partial charge in [-0.25, -0.2) is 4.98 Å². The van der Waals surface area contributed by atoms with Crippen molar-refractivity contribution in [2.24, 2.45) is 0 Å². The highest BCUT2D eigenvalue weighted by molar-refractivity contribution is 5.62. The van der Waals surface area contributed by atoms with Crippen LogP contribution in [0.3, 0.4) is 0 Å². The van der Waals surface area contributed by atoms with E-state index in [1.165, 1.54) is 6.20 Å². The number of aromatic nitrogens is 6. The predicted molar refractivity (Wildman–Crippen MR) is 77.6 cm³/mol. The molecule has 0 bridgehead atoms. The standard InChI is InChI=1S/C14H14N6O/c1-8(2)9-5-3-4-6-10(9)12-15-7-11(14(21)16-12)13-17-19-20-18-13/h3-8H,1-2H3,(H,15,16,21)(H,17,18,19,20). The maximum atomic E-state index is 12.2. The minimum atomic E-state index is -0.292. The lowest BCUT2D eigenvalue weighted by molar-refractivity contribution is 0.866. The molecule has 0 aliphatic rings. The van der Waals surface area contributed by atoms with Gasteiger partial charge < -0.3 is 4.98 Å². The molecule has 2 aromatic heterocycles. The largest absolute Gasteiger partial charge is 0.306 e. The monoisotopic (exact) mass is 282 g/mol. The summed E-state index contributed by atoms with van der Waals surface area (Å²) in [5.74, 6) is 1.10. The summed E-state index contributed by atoms with van der Waals surface area (Å²) in [5.41, 5.74) is 2.05. The number of nitrogens with zero attached hydrogens (tertiary/aromatic N) is 4. The summed E-state index contributed by atoms with van der Waals surface area (Å²) in [6.45, 7) is 4.20. The smallest absolute Gasteiger partial charge is 0.262 e. The SMILES string of the molecule is CC(C)c1ccccc1-c1ncc(-c2nn[nH]n2)c(=O)[nH]1. The highest BCUT2D eigenvalue weighted by Crippen LogP contribution is 2.26. The third-order valence-electron chi connectivity index (χ3n) is 3.22. The van der Waals surface area contributed by atoms with Crippen LogP contribution in [0.25, 0.3) is 22.8 Å². The van der Waals surface area contributed by atoms with Crippen molar-refractivity contribution in [3.63, 3.8) is 0 Å². The van der Waals surface area contributed by atoms with Gasteiger partial charge in [-0.3, -0.25) is 4.79 Å². The number of tetrazole rings is 1. The van der Waals surface area contributed by atoms with E-state index in [-0.39, 0.29) is 16.9 Å². The lowest BCUT2D eigenvalue weighted by Gasteiger charge is -2.11. The maximum absolute atomic E-state index is 12.2. The van der Waals surface area contributed by atoms with Crippen LogP contribution in [0.2, 0.25) is 0 Å². The van der Waals surface area contributed by atoms with Gasteiger partial charge in [-0.05, 0) is 16.7 Å². The van der Waals surface area contributed by atoms with Crippen molar-refractivity contribution in [1.29, 1.82) is 0 Å². The van der Waals surface area contributed by atoms with Crippen LogP contribution >= 0.6 is 0 Å². The van der Waals surface area contributed by atoms with Crippen molar-refractivity contribution in [2.75, 3.05) is 0 Å². The molecular formula is C14H14N6O. The van der Waals surface area contributed by atoms with Crippen LogP contribution < -0.4 is 5.56 Å². The summed E-state index contributed by atoms with van der Waals surface area (Å²) < 4.78 is 0. The van der Waals surface area contributed by atoms with Gasteiger partial charge in [0, 0.05) is 11.8 Å². The molecule has 3 aromatic rings. The number of hydrogen-bond acceptors (Lipinski definition) is 5. The van der Waals surface area contributed by atoms with E-state index in [1.54, 1.807) is 0 Å². The van der Waals surface area contributed by atoms with Gasteiger partial charge in [-0.1, -0.05) is 38.1 Å². The molecule has 2 heterocycles. The molecule has 7 heteroatoms. The Morgan fingerprint density at radius 1 is 1.14 bits per heavy atom. The van der Waals surface area contributed by atoms with E-state index >= 15 is 0 Å². The van der Waals surface area contributed by atoms with Crippen molar-refractivity contribution in [2.45, 2.75) is 19.8 Å².